The van der Waals surface area contributed by atoms with E-state index in [4.69, 9.17) is 0 Å². The van der Waals surface area contributed by atoms with Crippen LogP contribution in [0.1, 0.15) is 21.5 Å². The average molecular weight is 326 g/mol. The SMILES string of the molecule is Cl.O=C1/C(=C\c2cncc3ccccc23)Cc2cc(F)ccc21. The smallest absolute Gasteiger partial charge is 0.189 e. The number of carbonyl (C=O) groups is 1. The Balaban J connectivity index is 0.00000156. The molecule has 0 atom stereocenters. The summed E-state index contributed by atoms with van der Waals surface area (Å²) in [5, 5.41) is 2.09. The monoisotopic (exact) mass is 325 g/mol. The number of carbonyl (C=O) groups excluding carboxylic acids is 1. The number of rotatable bonds is 1. The van der Waals surface area contributed by atoms with E-state index < -0.39 is 0 Å². The van der Waals surface area contributed by atoms with Gasteiger partial charge in [-0.3, -0.25) is 9.78 Å². The second-order valence-corrected chi connectivity index (χ2v) is 5.43. The number of halogens is 2. The molecule has 0 fully saturated rings. The second kappa shape index (κ2) is 5.94. The number of pyridine rings is 1. The molecule has 0 N–H and O–H groups in total. The van der Waals surface area contributed by atoms with E-state index in [1.165, 1.54) is 12.1 Å². The van der Waals surface area contributed by atoms with Gasteiger partial charge in [0.15, 0.2) is 5.78 Å². The lowest BCUT2D eigenvalue weighted by molar-refractivity contribution is 0.104. The third-order valence-electron chi connectivity index (χ3n) is 4.01. The molecule has 2 nitrogen and oxygen atoms in total. The van der Waals surface area contributed by atoms with Gasteiger partial charge < -0.3 is 0 Å². The van der Waals surface area contributed by atoms with Gasteiger partial charge in [0.05, 0.1) is 0 Å². The summed E-state index contributed by atoms with van der Waals surface area (Å²) < 4.78 is 13.3. The number of nitrogens with zero attached hydrogens (tertiary/aromatic N) is 1. The molecule has 0 aliphatic heterocycles. The van der Waals surface area contributed by atoms with Crippen molar-refractivity contribution >= 4 is 35.0 Å². The molecular formula is C19H13ClFNO. The molecule has 0 saturated heterocycles. The van der Waals surface area contributed by atoms with Crippen molar-refractivity contribution in [1.29, 1.82) is 0 Å². The molecule has 0 radical (unpaired) electrons. The fourth-order valence-electron chi connectivity index (χ4n) is 2.95. The summed E-state index contributed by atoms with van der Waals surface area (Å²) in [6.45, 7) is 0. The summed E-state index contributed by atoms with van der Waals surface area (Å²) in [6, 6.07) is 12.3. The van der Waals surface area contributed by atoms with Crippen molar-refractivity contribution in [3.05, 3.63) is 82.9 Å². The van der Waals surface area contributed by atoms with Crippen molar-refractivity contribution < 1.29 is 9.18 Å². The van der Waals surface area contributed by atoms with Crippen LogP contribution in [0.5, 0.6) is 0 Å². The zero-order valence-corrected chi connectivity index (χ0v) is 12.9. The molecule has 1 heterocycles. The lowest BCUT2D eigenvalue weighted by Gasteiger charge is -2.02. The maximum Gasteiger partial charge on any atom is 0.189 e. The minimum absolute atomic E-state index is 0. The van der Waals surface area contributed by atoms with Crippen LogP contribution in [0.3, 0.4) is 0 Å². The molecule has 2 aromatic carbocycles. The van der Waals surface area contributed by atoms with Crippen LogP contribution in [0.4, 0.5) is 4.39 Å². The first-order valence-electron chi connectivity index (χ1n) is 7.09. The Labute approximate surface area is 139 Å². The van der Waals surface area contributed by atoms with Crippen molar-refractivity contribution in [2.45, 2.75) is 6.42 Å². The summed E-state index contributed by atoms with van der Waals surface area (Å²) in [6.07, 6.45) is 5.90. The van der Waals surface area contributed by atoms with Crippen LogP contribution in [0.2, 0.25) is 0 Å². The van der Waals surface area contributed by atoms with Crippen molar-refractivity contribution in [2.24, 2.45) is 0 Å². The van der Waals surface area contributed by atoms with Crippen molar-refractivity contribution in [3.8, 4) is 0 Å². The molecule has 0 unspecified atom stereocenters. The van der Waals surface area contributed by atoms with E-state index in [9.17, 15) is 9.18 Å². The van der Waals surface area contributed by atoms with Crippen LogP contribution >= 0.6 is 12.4 Å². The predicted molar refractivity (Wildman–Crippen MR) is 91.4 cm³/mol. The number of aromatic nitrogens is 1. The third-order valence-corrected chi connectivity index (χ3v) is 4.01. The molecule has 23 heavy (non-hydrogen) atoms. The van der Waals surface area contributed by atoms with Gasteiger partial charge in [0.1, 0.15) is 5.82 Å². The van der Waals surface area contributed by atoms with E-state index in [1.807, 2.05) is 30.3 Å². The van der Waals surface area contributed by atoms with Crippen LogP contribution < -0.4 is 0 Å². The third kappa shape index (κ3) is 2.64. The van der Waals surface area contributed by atoms with Crippen LogP contribution in [0.25, 0.3) is 16.8 Å². The Bertz CT molecular complexity index is 944. The molecule has 3 aromatic rings. The number of hydrogen-bond donors (Lipinski definition) is 0. The molecule has 4 heteroatoms. The summed E-state index contributed by atoms with van der Waals surface area (Å²) in [5.41, 5.74) is 2.94. The summed E-state index contributed by atoms with van der Waals surface area (Å²) in [4.78, 5) is 16.7. The Morgan fingerprint density at radius 1 is 1.09 bits per heavy atom. The zero-order valence-electron chi connectivity index (χ0n) is 12.1. The highest BCUT2D eigenvalue weighted by Crippen LogP contribution is 2.29. The Kier molecular flexibility index (Phi) is 3.97. The molecular weight excluding hydrogens is 313 g/mol. The summed E-state index contributed by atoms with van der Waals surface area (Å²) in [5.74, 6) is -0.331. The molecule has 0 saturated carbocycles. The maximum atomic E-state index is 13.3. The Morgan fingerprint density at radius 3 is 2.78 bits per heavy atom. The highest BCUT2D eigenvalue weighted by molar-refractivity contribution is 6.16. The number of Topliss-reactive ketones (excluding diaryl/α,β-unsaturated/α-hetero) is 1. The van der Waals surface area contributed by atoms with Crippen LogP contribution in [0.15, 0.2) is 60.4 Å². The van der Waals surface area contributed by atoms with Crippen LogP contribution in [-0.4, -0.2) is 10.8 Å². The molecule has 0 spiro atoms. The normalized spacial score (nSPS) is 14.8. The van der Waals surface area contributed by atoms with Crippen LogP contribution in [-0.2, 0) is 6.42 Å². The van der Waals surface area contributed by atoms with Gasteiger partial charge in [-0.25, -0.2) is 4.39 Å². The van der Waals surface area contributed by atoms with Gasteiger partial charge in [0.2, 0.25) is 0 Å². The average Bonchev–Trinajstić information content (AvgIpc) is 2.83. The Morgan fingerprint density at radius 2 is 1.91 bits per heavy atom. The van der Waals surface area contributed by atoms with E-state index in [0.717, 1.165) is 21.9 Å². The van der Waals surface area contributed by atoms with Gasteiger partial charge in [0, 0.05) is 40.9 Å². The van der Waals surface area contributed by atoms with E-state index >= 15 is 0 Å². The first-order chi connectivity index (χ1) is 10.7. The number of hydrogen-bond acceptors (Lipinski definition) is 2. The first kappa shape index (κ1) is 15.4. The molecule has 1 aliphatic carbocycles. The van der Waals surface area contributed by atoms with E-state index in [2.05, 4.69) is 4.98 Å². The highest BCUT2D eigenvalue weighted by Gasteiger charge is 2.25. The van der Waals surface area contributed by atoms with Crippen molar-refractivity contribution in [2.75, 3.05) is 0 Å². The number of benzene rings is 2. The van der Waals surface area contributed by atoms with Crippen molar-refractivity contribution in [1.82, 2.24) is 4.98 Å². The van der Waals surface area contributed by atoms with Gasteiger partial charge in [-0.2, -0.15) is 0 Å². The number of allylic oxidation sites excluding steroid dienone is 1. The molecule has 4 rings (SSSR count). The largest absolute Gasteiger partial charge is 0.289 e. The van der Waals surface area contributed by atoms with E-state index in [0.29, 0.717) is 17.6 Å². The summed E-state index contributed by atoms with van der Waals surface area (Å²) in [7, 11) is 0. The van der Waals surface area contributed by atoms with Gasteiger partial charge >= 0.3 is 0 Å². The number of fused-ring (bicyclic) bond motifs is 2. The van der Waals surface area contributed by atoms with Gasteiger partial charge in [0.25, 0.3) is 0 Å². The minimum atomic E-state index is -0.306. The number of ketones is 1. The van der Waals surface area contributed by atoms with Gasteiger partial charge in [-0.05, 0) is 35.2 Å². The fraction of sp³-hybridized carbons (Fsp3) is 0.0526. The van der Waals surface area contributed by atoms with Gasteiger partial charge in [-0.1, -0.05) is 24.3 Å². The van der Waals surface area contributed by atoms with E-state index in [1.54, 1.807) is 18.5 Å². The lowest BCUT2D eigenvalue weighted by atomic mass is 10.0. The van der Waals surface area contributed by atoms with Crippen LogP contribution in [0, 0.1) is 5.82 Å². The van der Waals surface area contributed by atoms with Gasteiger partial charge in [-0.15, -0.1) is 12.4 Å². The molecule has 114 valence electrons. The maximum absolute atomic E-state index is 13.3. The predicted octanol–water partition coefficient (Wildman–Crippen LogP) is 4.62. The lowest BCUT2D eigenvalue weighted by Crippen LogP contribution is -1.95. The standard InChI is InChI=1S/C19H12FNO.ClH/c20-16-5-6-18-13(9-16)7-14(19(18)22)8-15-11-21-10-12-3-1-2-4-17(12)15;/h1-6,8-11H,7H2;1H/b14-8-;. The molecule has 1 aliphatic rings. The minimum Gasteiger partial charge on any atom is -0.289 e. The fourth-order valence-corrected chi connectivity index (χ4v) is 2.95. The molecule has 1 aromatic heterocycles. The first-order valence-corrected chi connectivity index (χ1v) is 7.09. The Hall–Kier alpha value is -2.52. The van der Waals surface area contributed by atoms with Crippen molar-refractivity contribution in [3.63, 3.8) is 0 Å². The molecule has 0 bridgehead atoms. The zero-order chi connectivity index (χ0) is 15.1. The second-order valence-electron chi connectivity index (χ2n) is 5.43. The topological polar surface area (TPSA) is 30.0 Å². The summed E-state index contributed by atoms with van der Waals surface area (Å²) >= 11 is 0. The molecule has 0 amide bonds. The van der Waals surface area contributed by atoms with E-state index in [-0.39, 0.29) is 24.0 Å². The highest BCUT2D eigenvalue weighted by atomic mass is 35.5. The quantitative estimate of drug-likeness (QED) is 0.611.